The predicted octanol–water partition coefficient (Wildman–Crippen LogP) is 2.10. The van der Waals surface area contributed by atoms with Gasteiger partial charge in [0, 0.05) is 36.3 Å². The number of hydrogen-bond donors (Lipinski definition) is 2. The molecule has 1 saturated heterocycles. The fourth-order valence-corrected chi connectivity index (χ4v) is 4.98. The van der Waals surface area contributed by atoms with E-state index in [1.807, 2.05) is 11.0 Å². The van der Waals surface area contributed by atoms with E-state index in [1.54, 1.807) is 48.5 Å². The molecule has 29 heavy (non-hydrogen) atoms. The number of sulfonamides is 1. The number of hydrogen-bond acceptors (Lipinski definition) is 5. The summed E-state index contributed by atoms with van der Waals surface area (Å²) < 4.78 is 27.6. The number of halogens is 1. The minimum Gasteiger partial charge on any atom is -0.308 e. The number of imide groups is 1. The van der Waals surface area contributed by atoms with Crippen molar-refractivity contribution in [1.82, 2.24) is 14.5 Å². The van der Waals surface area contributed by atoms with Gasteiger partial charge in [-0.05, 0) is 30.3 Å². The summed E-state index contributed by atoms with van der Waals surface area (Å²) in [6.45, 7) is 1.38. The Morgan fingerprint density at radius 1 is 0.966 bits per heavy atom. The molecule has 3 rings (SSSR count). The zero-order valence-corrected chi connectivity index (χ0v) is 17.9. The van der Waals surface area contributed by atoms with Crippen molar-refractivity contribution in [2.24, 2.45) is 0 Å². The van der Waals surface area contributed by atoms with Gasteiger partial charge >= 0.3 is 6.03 Å². The molecule has 0 bridgehead atoms. The molecule has 2 aromatic carbocycles. The molecule has 1 aliphatic rings. The van der Waals surface area contributed by atoms with Crippen LogP contribution in [-0.4, -0.2) is 62.3 Å². The minimum absolute atomic E-state index is 0.0208. The van der Waals surface area contributed by atoms with E-state index in [0.29, 0.717) is 23.2 Å². The van der Waals surface area contributed by atoms with Gasteiger partial charge in [0.2, 0.25) is 15.9 Å². The normalized spacial score (nSPS) is 15.6. The molecule has 0 saturated carbocycles. The van der Waals surface area contributed by atoms with Crippen molar-refractivity contribution in [3.8, 4) is 0 Å². The average molecular weight is 481 g/mol. The Morgan fingerprint density at radius 3 is 2.31 bits per heavy atom. The summed E-state index contributed by atoms with van der Waals surface area (Å²) in [5.74, 6) is -0.443. The van der Waals surface area contributed by atoms with Gasteiger partial charge in [0.05, 0.1) is 11.4 Å². The molecule has 3 amide bonds. The third-order valence-electron chi connectivity index (χ3n) is 4.42. The first-order chi connectivity index (χ1) is 13.8. The molecule has 2 N–H and O–H groups in total. The van der Waals surface area contributed by atoms with Gasteiger partial charge in [-0.2, -0.15) is 4.31 Å². The molecule has 0 aliphatic carbocycles. The molecule has 154 valence electrons. The molecule has 1 aliphatic heterocycles. The van der Waals surface area contributed by atoms with Crippen LogP contribution in [0, 0.1) is 0 Å². The number of carbonyl (C=O) groups is 2. The molecule has 1 heterocycles. The summed E-state index contributed by atoms with van der Waals surface area (Å²) in [5, 5.41) is 4.86. The Balaban J connectivity index is 1.48. The second-order valence-corrected chi connectivity index (χ2v) is 9.36. The number of rotatable bonds is 5. The number of nitrogens with one attached hydrogen (secondary N) is 2. The van der Waals surface area contributed by atoms with Crippen molar-refractivity contribution in [1.29, 1.82) is 0 Å². The number of carbonyl (C=O) groups excluding carboxylic acids is 2. The van der Waals surface area contributed by atoms with Crippen LogP contribution in [-0.2, 0) is 14.8 Å². The van der Waals surface area contributed by atoms with E-state index in [1.165, 1.54) is 4.31 Å². The lowest BCUT2D eigenvalue weighted by atomic mass is 10.3. The van der Waals surface area contributed by atoms with E-state index in [2.05, 4.69) is 26.6 Å². The smallest absolute Gasteiger partial charge is 0.308 e. The van der Waals surface area contributed by atoms with Gasteiger partial charge in [-0.15, -0.1) is 0 Å². The molecule has 0 spiro atoms. The zero-order valence-electron chi connectivity index (χ0n) is 15.5. The van der Waals surface area contributed by atoms with E-state index in [4.69, 9.17) is 0 Å². The number of piperazine rings is 1. The number of amides is 3. The van der Waals surface area contributed by atoms with Crippen LogP contribution in [0.25, 0.3) is 0 Å². The quantitative estimate of drug-likeness (QED) is 0.682. The third kappa shape index (κ3) is 5.86. The maximum atomic E-state index is 12.7. The minimum atomic E-state index is -3.58. The monoisotopic (exact) mass is 480 g/mol. The van der Waals surface area contributed by atoms with Gasteiger partial charge in [0.15, 0.2) is 0 Å². The van der Waals surface area contributed by atoms with Crippen LogP contribution in [0.1, 0.15) is 0 Å². The second kappa shape index (κ2) is 9.49. The van der Waals surface area contributed by atoms with Crippen molar-refractivity contribution in [2.45, 2.75) is 4.90 Å². The van der Waals surface area contributed by atoms with Gasteiger partial charge in [-0.25, -0.2) is 13.2 Å². The Kier molecular flexibility index (Phi) is 7.01. The second-order valence-electron chi connectivity index (χ2n) is 6.51. The topological polar surface area (TPSA) is 98.8 Å². The fourth-order valence-electron chi connectivity index (χ4n) is 2.96. The summed E-state index contributed by atoms with van der Waals surface area (Å²) in [5.41, 5.74) is 0.587. The molecule has 10 heteroatoms. The number of benzene rings is 2. The van der Waals surface area contributed by atoms with Crippen molar-refractivity contribution >= 4 is 43.6 Å². The van der Waals surface area contributed by atoms with Gasteiger partial charge in [-0.3, -0.25) is 15.0 Å². The number of nitrogens with zero attached hydrogens (tertiary/aromatic N) is 2. The van der Waals surface area contributed by atoms with Crippen molar-refractivity contribution in [3.63, 3.8) is 0 Å². The van der Waals surface area contributed by atoms with Crippen molar-refractivity contribution in [2.75, 3.05) is 38.0 Å². The first-order valence-corrected chi connectivity index (χ1v) is 11.2. The highest BCUT2D eigenvalue weighted by atomic mass is 79.9. The Bertz CT molecular complexity index is 977. The van der Waals surface area contributed by atoms with Crippen molar-refractivity contribution < 1.29 is 18.0 Å². The lowest BCUT2D eigenvalue weighted by Crippen LogP contribution is -2.51. The van der Waals surface area contributed by atoms with Gasteiger partial charge in [0.1, 0.15) is 0 Å². The Labute approximate surface area is 178 Å². The first kappa shape index (κ1) is 21.4. The third-order valence-corrected chi connectivity index (χ3v) is 6.80. The predicted molar refractivity (Wildman–Crippen MR) is 113 cm³/mol. The largest absolute Gasteiger partial charge is 0.325 e. The van der Waals surface area contributed by atoms with Crippen LogP contribution in [0.2, 0.25) is 0 Å². The lowest BCUT2D eigenvalue weighted by Gasteiger charge is -2.33. The van der Waals surface area contributed by atoms with Crippen LogP contribution in [0.15, 0.2) is 64.0 Å². The van der Waals surface area contributed by atoms with Crippen LogP contribution in [0.3, 0.4) is 0 Å². The van der Waals surface area contributed by atoms with E-state index in [9.17, 15) is 18.0 Å². The first-order valence-electron chi connectivity index (χ1n) is 8.98. The summed E-state index contributed by atoms with van der Waals surface area (Å²) in [6.07, 6.45) is 0. The summed E-state index contributed by atoms with van der Waals surface area (Å²) in [4.78, 5) is 26.0. The lowest BCUT2D eigenvalue weighted by molar-refractivity contribution is -0.121. The van der Waals surface area contributed by atoms with Gasteiger partial charge in [-0.1, -0.05) is 40.2 Å². The van der Waals surface area contributed by atoms with Gasteiger partial charge < -0.3 is 5.32 Å². The molecule has 2 aromatic rings. The van der Waals surface area contributed by atoms with Crippen LogP contribution in [0.5, 0.6) is 0 Å². The molecule has 0 radical (unpaired) electrons. The van der Waals surface area contributed by atoms with Gasteiger partial charge in [0.25, 0.3) is 0 Å². The van der Waals surface area contributed by atoms with E-state index in [0.717, 1.165) is 0 Å². The molecular weight excluding hydrogens is 460 g/mol. The molecule has 0 atom stereocenters. The van der Waals surface area contributed by atoms with Crippen LogP contribution < -0.4 is 10.6 Å². The highest BCUT2D eigenvalue weighted by Crippen LogP contribution is 2.21. The van der Waals surface area contributed by atoms with E-state index in [-0.39, 0.29) is 24.5 Å². The van der Waals surface area contributed by atoms with Crippen molar-refractivity contribution in [3.05, 3.63) is 59.1 Å². The molecule has 0 aromatic heterocycles. The molecule has 8 nitrogen and oxygen atoms in total. The highest BCUT2D eigenvalue weighted by Gasteiger charge is 2.29. The van der Waals surface area contributed by atoms with Crippen LogP contribution in [0.4, 0.5) is 10.5 Å². The maximum absolute atomic E-state index is 12.7. The maximum Gasteiger partial charge on any atom is 0.325 e. The van der Waals surface area contributed by atoms with Crippen LogP contribution >= 0.6 is 15.9 Å². The average Bonchev–Trinajstić information content (AvgIpc) is 2.69. The Hall–Kier alpha value is -2.27. The van der Waals surface area contributed by atoms with E-state index >= 15 is 0 Å². The molecule has 0 unspecified atom stereocenters. The Morgan fingerprint density at radius 2 is 1.66 bits per heavy atom. The van der Waals surface area contributed by atoms with E-state index < -0.39 is 22.0 Å². The summed E-state index contributed by atoms with van der Waals surface area (Å²) >= 11 is 3.29. The highest BCUT2D eigenvalue weighted by molar-refractivity contribution is 9.10. The molecule has 1 fully saturated rings. The zero-order chi connectivity index (χ0) is 20.9. The SMILES string of the molecule is O=C(CN1CCN(S(=O)(=O)c2cccc(Br)c2)CC1)NC(=O)Nc1ccccc1. The number of para-hydroxylation sites is 1. The number of anilines is 1. The molecular formula is C19H21BrN4O4S. The standard InChI is InChI=1S/C19H21BrN4O4S/c20-15-5-4-8-17(13-15)29(27,28)24-11-9-23(10-12-24)14-18(25)22-19(26)21-16-6-2-1-3-7-16/h1-8,13H,9-12,14H2,(H2,21,22,25,26). The summed E-state index contributed by atoms with van der Waals surface area (Å²) in [7, 11) is -3.58. The number of urea groups is 1. The fraction of sp³-hybridized carbons (Fsp3) is 0.263. The summed E-state index contributed by atoms with van der Waals surface area (Å²) in [6, 6.07) is 14.8.